The van der Waals surface area contributed by atoms with Gasteiger partial charge in [-0.1, -0.05) is 54.3 Å². The van der Waals surface area contributed by atoms with Crippen LogP contribution in [0.15, 0.2) is 78.4 Å². The van der Waals surface area contributed by atoms with Gasteiger partial charge in [-0.25, -0.2) is 0 Å². The Morgan fingerprint density at radius 1 is 0.967 bits per heavy atom. The van der Waals surface area contributed by atoms with Gasteiger partial charge in [-0.3, -0.25) is 9.59 Å². The third-order valence-electron chi connectivity index (χ3n) is 4.80. The topological polar surface area (TPSA) is 55.4 Å². The van der Waals surface area contributed by atoms with Crippen molar-refractivity contribution in [1.29, 1.82) is 0 Å². The Labute approximate surface area is 175 Å². The molecule has 4 nitrogen and oxygen atoms in total. The molecule has 0 unspecified atom stereocenters. The lowest BCUT2D eigenvalue weighted by atomic mass is 9.94. The summed E-state index contributed by atoms with van der Waals surface area (Å²) < 4.78 is 5.16. The van der Waals surface area contributed by atoms with Crippen LogP contribution in [0.1, 0.15) is 27.0 Å². The number of ether oxygens (including phenoxy) is 1. The van der Waals surface area contributed by atoms with E-state index < -0.39 is 5.91 Å². The van der Waals surface area contributed by atoms with E-state index in [-0.39, 0.29) is 11.4 Å². The molecular weight excluding hydrogens is 374 g/mol. The van der Waals surface area contributed by atoms with Crippen LogP contribution in [0.5, 0.6) is 5.75 Å². The van der Waals surface area contributed by atoms with E-state index in [1.165, 1.54) is 0 Å². The monoisotopic (exact) mass is 393 g/mol. The van der Waals surface area contributed by atoms with Gasteiger partial charge in [-0.15, -0.1) is 0 Å². The number of rotatable bonds is 3. The number of Topliss-reactive ketones (excluding diaryl/α,β-unsaturated/α-hetero) is 1. The molecule has 1 aliphatic rings. The molecule has 3 aromatic rings. The predicted molar refractivity (Wildman–Crippen MR) is 117 cm³/mol. The highest BCUT2D eigenvalue weighted by Gasteiger charge is 2.28. The molecule has 0 fully saturated rings. The lowest BCUT2D eigenvalue weighted by Gasteiger charge is -2.18. The number of hydrogen-bond donors (Lipinski definition) is 1. The lowest BCUT2D eigenvalue weighted by molar-refractivity contribution is -0.112. The standard InChI is InChI=1S/C26H19NO3/c1-30-21-13-10-18(11-14-21)8-5-9-20-12-15-24-22(16-20)25(28)23(26(29)27-24)17-19-6-3-2-4-7-19/h2-4,6-7,10-17H,8H2,1H3,(H,27,29)/b23-17+. The van der Waals surface area contributed by atoms with Gasteiger partial charge in [0.15, 0.2) is 0 Å². The molecule has 146 valence electrons. The second-order valence-corrected chi connectivity index (χ2v) is 6.84. The van der Waals surface area contributed by atoms with Gasteiger partial charge in [-0.2, -0.15) is 0 Å². The maximum Gasteiger partial charge on any atom is 0.259 e. The molecule has 1 N–H and O–H groups in total. The van der Waals surface area contributed by atoms with Crippen molar-refractivity contribution in [3.63, 3.8) is 0 Å². The summed E-state index contributed by atoms with van der Waals surface area (Å²) in [4.78, 5) is 25.3. The summed E-state index contributed by atoms with van der Waals surface area (Å²) in [5.74, 6) is 6.35. The Morgan fingerprint density at radius 3 is 2.47 bits per heavy atom. The minimum Gasteiger partial charge on any atom is -0.497 e. The predicted octanol–water partition coefficient (Wildman–Crippen LogP) is 4.51. The lowest BCUT2D eigenvalue weighted by Crippen LogP contribution is -2.27. The van der Waals surface area contributed by atoms with Crippen LogP contribution in [0.2, 0.25) is 0 Å². The number of carbonyl (C=O) groups excluding carboxylic acids is 2. The number of carbonyl (C=O) groups is 2. The molecule has 3 aromatic carbocycles. The number of anilines is 1. The fourth-order valence-corrected chi connectivity index (χ4v) is 3.20. The first kappa shape index (κ1) is 19.2. The maximum absolute atomic E-state index is 13.0. The van der Waals surface area contributed by atoms with Gasteiger partial charge in [0, 0.05) is 17.5 Å². The first-order valence-electron chi connectivity index (χ1n) is 9.53. The average molecular weight is 393 g/mol. The molecule has 1 heterocycles. The van der Waals surface area contributed by atoms with E-state index in [1.54, 1.807) is 31.4 Å². The number of fused-ring (bicyclic) bond motifs is 1. The maximum atomic E-state index is 13.0. The van der Waals surface area contributed by atoms with Gasteiger partial charge in [0.25, 0.3) is 5.91 Å². The van der Waals surface area contributed by atoms with Crippen molar-refractivity contribution in [1.82, 2.24) is 0 Å². The Kier molecular flexibility index (Phi) is 5.45. The second-order valence-electron chi connectivity index (χ2n) is 6.84. The van der Waals surface area contributed by atoms with E-state index in [0.29, 0.717) is 17.7 Å². The van der Waals surface area contributed by atoms with Crippen LogP contribution < -0.4 is 10.1 Å². The molecule has 0 aliphatic carbocycles. The normalized spacial score (nSPS) is 13.8. The quantitative estimate of drug-likeness (QED) is 0.405. The van der Waals surface area contributed by atoms with Crippen molar-refractivity contribution >= 4 is 23.5 Å². The molecular formula is C26H19NO3. The van der Waals surface area contributed by atoms with Crippen molar-refractivity contribution in [3.8, 4) is 17.6 Å². The summed E-state index contributed by atoms with van der Waals surface area (Å²) in [7, 11) is 1.63. The molecule has 0 saturated heterocycles. The summed E-state index contributed by atoms with van der Waals surface area (Å²) >= 11 is 0. The van der Waals surface area contributed by atoms with Crippen LogP contribution >= 0.6 is 0 Å². The molecule has 0 saturated carbocycles. The van der Waals surface area contributed by atoms with Crippen molar-refractivity contribution < 1.29 is 14.3 Å². The van der Waals surface area contributed by atoms with Gasteiger partial charge >= 0.3 is 0 Å². The van der Waals surface area contributed by atoms with Gasteiger partial charge in [0.2, 0.25) is 5.78 Å². The number of ketones is 1. The fourth-order valence-electron chi connectivity index (χ4n) is 3.20. The van der Waals surface area contributed by atoms with Crippen molar-refractivity contribution in [3.05, 3.63) is 101 Å². The van der Waals surface area contributed by atoms with E-state index >= 15 is 0 Å². The zero-order chi connectivity index (χ0) is 20.9. The molecule has 0 radical (unpaired) electrons. The first-order chi connectivity index (χ1) is 14.6. The largest absolute Gasteiger partial charge is 0.497 e. The van der Waals surface area contributed by atoms with E-state index in [9.17, 15) is 9.59 Å². The third-order valence-corrected chi connectivity index (χ3v) is 4.80. The average Bonchev–Trinajstić information content (AvgIpc) is 2.78. The summed E-state index contributed by atoms with van der Waals surface area (Å²) in [6.45, 7) is 0. The van der Waals surface area contributed by atoms with Crippen molar-refractivity contribution in [2.75, 3.05) is 12.4 Å². The molecule has 1 aliphatic heterocycles. The third kappa shape index (κ3) is 4.16. The number of hydrogen-bond acceptors (Lipinski definition) is 3. The molecule has 1 amide bonds. The van der Waals surface area contributed by atoms with Gasteiger partial charge in [0.05, 0.1) is 18.4 Å². The number of methoxy groups -OCH3 is 1. The van der Waals surface area contributed by atoms with Crippen LogP contribution in [-0.2, 0) is 11.2 Å². The smallest absolute Gasteiger partial charge is 0.259 e. The highest BCUT2D eigenvalue weighted by molar-refractivity contribution is 6.36. The zero-order valence-electron chi connectivity index (χ0n) is 16.4. The summed E-state index contributed by atoms with van der Waals surface area (Å²) in [5, 5.41) is 2.79. The fraction of sp³-hybridized carbons (Fsp3) is 0.0769. The number of amides is 1. The molecule has 0 aromatic heterocycles. The minimum atomic E-state index is -0.394. The minimum absolute atomic E-state index is 0.122. The SMILES string of the molecule is COc1ccc(CC#Cc2ccc3c(c2)C(=O)/C(=C\c2ccccc2)C(=O)N3)cc1. The van der Waals surface area contributed by atoms with Crippen molar-refractivity contribution in [2.24, 2.45) is 0 Å². The van der Waals surface area contributed by atoms with E-state index in [1.807, 2.05) is 54.6 Å². The molecule has 0 atom stereocenters. The highest BCUT2D eigenvalue weighted by atomic mass is 16.5. The Hall–Kier alpha value is -4.10. The van der Waals surface area contributed by atoms with Crippen LogP contribution in [0, 0.1) is 11.8 Å². The van der Waals surface area contributed by atoms with Crippen LogP contribution in [0.3, 0.4) is 0 Å². The van der Waals surface area contributed by atoms with E-state index in [4.69, 9.17) is 4.74 Å². The van der Waals surface area contributed by atoms with E-state index in [2.05, 4.69) is 17.2 Å². The van der Waals surface area contributed by atoms with Crippen LogP contribution in [-0.4, -0.2) is 18.8 Å². The first-order valence-corrected chi connectivity index (χ1v) is 9.53. The summed E-state index contributed by atoms with van der Waals surface area (Å²) in [5.41, 5.74) is 3.69. The molecule has 30 heavy (non-hydrogen) atoms. The Balaban J connectivity index is 1.57. The molecule has 4 rings (SSSR count). The molecule has 0 bridgehead atoms. The highest BCUT2D eigenvalue weighted by Crippen LogP contribution is 2.27. The molecule has 4 heteroatoms. The number of nitrogens with one attached hydrogen (secondary N) is 1. The van der Waals surface area contributed by atoms with E-state index in [0.717, 1.165) is 22.4 Å². The summed E-state index contributed by atoms with van der Waals surface area (Å²) in [6.07, 6.45) is 2.20. The molecule has 0 spiro atoms. The van der Waals surface area contributed by atoms with Gasteiger partial charge in [0.1, 0.15) is 5.75 Å². The van der Waals surface area contributed by atoms with Crippen LogP contribution in [0.25, 0.3) is 6.08 Å². The van der Waals surface area contributed by atoms with Gasteiger partial charge in [-0.05, 0) is 47.5 Å². The Morgan fingerprint density at radius 2 is 1.73 bits per heavy atom. The Bertz CT molecular complexity index is 1200. The van der Waals surface area contributed by atoms with Gasteiger partial charge < -0.3 is 10.1 Å². The van der Waals surface area contributed by atoms with Crippen molar-refractivity contribution in [2.45, 2.75) is 6.42 Å². The number of benzene rings is 3. The zero-order valence-corrected chi connectivity index (χ0v) is 16.4. The van der Waals surface area contributed by atoms with Crippen LogP contribution in [0.4, 0.5) is 5.69 Å². The summed E-state index contributed by atoms with van der Waals surface area (Å²) in [6, 6.07) is 22.3. The second kappa shape index (κ2) is 8.50.